The van der Waals surface area contributed by atoms with E-state index in [4.69, 9.17) is 0 Å². The Kier molecular flexibility index (Phi) is 6.43. The van der Waals surface area contributed by atoms with E-state index in [0.29, 0.717) is 5.92 Å². The largest absolute Gasteiger partial charge is 0.393 e. The van der Waals surface area contributed by atoms with E-state index >= 15 is 0 Å². The molecule has 0 rings (SSSR count). The molecule has 0 aliphatic heterocycles. The third kappa shape index (κ3) is 3.61. The predicted octanol–water partition coefficient (Wildman–Crippen LogP) is 4.00. The van der Waals surface area contributed by atoms with Crippen molar-refractivity contribution in [1.82, 2.24) is 0 Å². The molecule has 0 aromatic rings. The zero-order chi connectivity index (χ0) is 11.2. The summed E-state index contributed by atoms with van der Waals surface area (Å²) < 4.78 is 0. The molecule has 0 saturated carbocycles. The fourth-order valence-corrected chi connectivity index (χ4v) is 1.94. The highest BCUT2D eigenvalue weighted by Crippen LogP contribution is 2.34. The van der Waals surface area contributed by atoms with E-state index in [2.05, 4.69) is 34.6 Å². The topological polar surface area (TPSA) is 20.2 Å². The van der Waals surface area contributed by atoms with Crippen LogP contribution in [0.3, 0.4) is 0 Å². The number of hydrogen-bond acceptors (Lipinski definition) is 1. The van der Waals surface area contributed by atoms with Crippen molar-refractivity contribution in [3.63, 3.8) is 0 Å². The Morgan fingerprint density at radius 3 is 1.71 bits per heavy atom. The van der Waals surface area contributed by atoms with Crippen LogP contribution in [0.25, 0.3) is 0 Å². The van der Waals surface area contributed by atoms with Crippen LogP contribution in [0.2, 0.25) is 0 Å². The smallest absolute Gasteiger partial charge is 0.0596 e. The van der Waals surface area contributed by atoms with Crippen molar-refractivity contribution in [3.05, 3.63) is 0 Å². The number of hydrogen-bond donors (Lipinski definition) is 1. The molecule has 1 unspecified atom stereocenters. The van der Waals surface area contributed by atoms with Crippen LogP contribution in [0.15, 0.2) is 0 Å². The lowest BCUT2D eigenvalue weighted by Gasteiger charge is -2.34. The van der Waals surface area contributed by atoms with Crippen LogP contribution in [0.4, 0.5) is 0 Å². The quantitative estimate of drug-likeness (QED) is 0.658. The first-order valence-corrected chi connectivity index (χ1v) is 6.22. The maximum Gasteiger partial charge on any atom is 0.0596 e. The van der Waals surface area contributed by atoms with E-state index < -0.39 is 0 Å². The van der Waals surface area contributed by atoms with Crippen LogP contribution in [0.1, 0.15) is 66.7 Å². The maximum atomic E-state index is 10.2. The predicted molar refractivity (Wildman–Crippen MR) is 63.4 cm³/mol. The zero-order valence-corrected chi connectivity index (χ0v) is 10.6. The number of aliphatic hydroxyl groups excluding tert-OH is 1. The first-order valence-electron chi connectivity index (χ1n) is 6.22. The van der Waals surface area contributed by atoms with Gasteiger partial charge in [-0.1, -0.05) is 47.5 Å². The molecule has 1 atom stereocenters. The van der Waals surface area contributed by atoms with Gasteiger partial charge in [-0.3, -0.25) is 0 Å². The van der Waals surface area contributed by atoms with Crippen molar-refractivity contribution < 1.29 is 5.11 Å². The number of rotatable bonds is 7. The van der Waals surface area contributed by atoms with Crippen LogP contribution >= 0.6 is 0 Å². The molecular formula is C13H28O. The van der Waals surface area contributed by atoms with Crippen molar-refractivity contribution in [3.8, 4) is 0 Å². The molecule has 0 amide bonds. The molecule has 0 saturated heterocycles. The standard InChI is InChI=1S/C13H28O/c1-6-11(7-2)10-12(14)13(5,8-3)9-4/h11-12,14H,6-10H2,1-5H3. The van der Waals surface area contributed by atoms with Gasteiger partial charge in [-0.25, -0.2) is 0 Å². The first-order chi connectivity index (χ1) is 6.53. The SMILES string of the molecule is CCC(CC)CC(O)C(C)(CC)CC. The molecule has 0 radical (unpaired) electrons. The minimum Gasteiger partial charge on any atom is -0.393 e. The summed E-state index contributed by atoms with van der Waals surface area (Å²) in [4.78, 5) is 0. The molecule has 0 aromatic heterocycles. The Bertz CT molecular complexity index is 134. The van der Waals surface area contributed by atoms with E-state index in [1.165, 1.54) is 12.8 Å². The fourth-order valence-electron chi connectivity index (χ4n) is 1.94. The summed E-state index contributed by atoms with van der Waals surface area (Å²) in [7, 11) is 0. The average molecular weight is 200 g/mol. The lowest BCUT2D eigenvalue weighted by Crippen LogP contribution is -2.32. The van der Waals surface area contributed by atoms with Crippen LogP contribution in [-0.2, 0) is 0 Å². The monoisotopic (exact) mass is 200 g/mol. The molecule has 0 aliphatic rings. The van der Waals surface area contributed by atoms with Crippen molar-refractivity contribution in [1.29, 1.82) is 0 Å². The zero-order valence-electron chi connectivity index (χ0n) is 10.6. The maximum absolute atomic E-state index is 10.2. The van der Waals surface area contributed by atoms with E-state index in [0.717, 1.165) is 19.3 Å². The Hall–Kier alpha value is -0.0400. The lowest BCUT2D eigenvalue weighted by atomic mass is 9.75. The van der Waals surface area contributed by atoms with Crippen molar-refractivity contribution in [2.45, 2.75) is 72.8 Å². The summed E-state index contributed by atoms with van der Waals surface area (Å²) in [5.74, 6) is 0.697. The molecule has 0 spiro atoms. The van der Waals surface area contributed by atoms with E-state index in [9.17, 15) is 5.11 Å². The fraction of sp³-hybridized carbons (Fsp3) is 1.00. The molecule has 0 bridgehead atoms. The molecule has 14 heavy (non-hydrogen) atoms. The van der Waals surface area contributed by atoms with E-state index in [1.807, 2.05) is 0 Å². The molecule has 0 fully saturated rings. The van der Waals surface area contributed by atoms with Gasteiger partial charge in [0, 0.05) is 0 Å². The third-order valence-corrected chi connectivity index (χ3v) is 4.13. The first kappa shape index (κ1) is 14.0. The summed E-state index contributed by atoms with van der Waals surface area (Å²) in [5, 5.41) is 10.2. The Morgan fingerprint density at radius 1 is 1.00 bits per heavy atom. The molecule has 0 aromatic carbocycles. The van der Waals surface area contributed by atoms with Crippen molar-refractivity contribution in [2.75, 3.05) is 0 Å². The van der Waals surface area contributed by atoms with Gasteiger partial charge in [0.15, 0.2) is 0 Å². The van der Waals surface area contributed by atoms with Gasteiger partial charge in [0.25, 0.3) is 0 Å². The van der Waals surface area contributed by atoms with Gasteiger partial charge in [-0.15, -0.1) is 0 Å². The highest BCUT2D eigenvalue weighted by atomic mass is 16.3. The van der Waals surface area contributed by atoms with Gasteiger partial charge in [0.2, 0.25) is 0 Å². The lowest BCUT2D eigenvalue weighted by molar-refractivity contribution is 0.0115. The minimum absolute atomic E-state index is 0.123. The Morgan fingerprint density at radius 2 is 1.43 bits per heavy atom. The average Bonchev–Trinajstić information content (AvgIpc) is 2.24. The van der Waals surface area contributed by atoms with E-state index in [1.54, 1.807) is 0 Å². The highest BCUT2D eigenvalue weighted by molar-refractivity contribution is 4.81. The van der Waals surface area contributed by atoms with Crippen molar-refractivity contribution in [2.24, 2.45) is 11.3 Å². The summed E-state index contributed by atoms with van der Waals surface area (Å²) in [6, 6.07) is 0. The van der Waals surface area contributed by atoms with Crippen LogP contribution in [-0.4, -0.2) is 11.2 Å². The number of aliphatic hydroxyl groups is 1. The van der Waals surface area contributed by atoms with Gasteiger partial charge >= 0.3 is 0 Å². The third-order valence-electron chi connectivity index (χ3n) is 4.13. The summed E-state index contributed by atoms with van der Waals surface area (Å²) in [5.41, 5.74) is 0.128. The van der Waals surface area contributed by atoms with Gasteiger partial charge in [0.05, 0.1) is 6.10 Å². The van der Waals surface area contributed by atoms with Gasteiger partial charge in [0.1, 0.15) is 0 Å². The second-order valence-electron chi connectivity index (χ2n) is 4.80. The van der Waals surface area contributed by atoms with E-state index in [-0.39, 0.29) is 11.5 Å². The van der Waals surface area contributed by atoms with Crippen LogP contribution < -0.4 is 0 Å². The molecular weight excluding hydrogens is 172 g/mol. The molecule has 0 heterocycles. The minimum atomic E-state index is -0.123. The van der Waals surface area contributed by atoms with Crippen LogP contribution in [0, 0.1) is 11.3 Å². The summed E-state index contributed by atoms with van der Waals surface area (Å²) in [6.07, 6.45) is 5.39. The normalized spacial score (nSPS) is 14.8. The molecule has 1 nitrogen and oxygen atoms in total. The summed E-state index contributed by atoms with van der Waals surface area (Å²) >= 11 is 0. The van der Waals surface area contributed by atoms with Gasteiger partial charge in [-0.05, 0) is 30.6 Å². The van der Waals surface area contributed by atoms with Crippen LogP contribution in [0.5, 0.6) is 0 Å². The highest BCUT2D eigenvalue weighted by Gasteiger charge is 2.30. The summed E-state index contributed by atoms with van der Waals surface area (Å²) in [6.45, 7) is 11.0. The molecule has 0 aliphatic carbocycles. The second-order valence-corrected chi connectivity index (χ2v) is 4.80. The Labute approximate surface area is 89.9 Å². The Balaban J connectivity index is 4.22. The van der Waals surface area contributed by atoms with Gasteiger partial charge < -0.3 is 5.11 Å². The molecule has 86 valence electrons. The van der Waals surface area contributed by atoms with Crippen molar-refractivity contribution >= 4 is 0 Å². The molecule has 1 heteroatoms. The molecule has 1 N–H and O–H groups in total. The second kappa shape index (κ2) is 6.44. The van der Waals surface area contributed by atoms with Gasteiger partial charge in [-0.2, -0.15) is 0 Å².